The number of unbranched alkanes of at least 4 members (excludes halogenated alkanes) is 4. The molecular formula is C16H32O2. The summed E-state index contributed by atoms with van der Waals surface area (Å²) in [4.78, 5) is 0. The largest absolute Gasteiger partial charge is 0.381 e. The topological polar surface area (TPSA) is 18.5 Å². The van der Waals surface area contributed by atoms with E-state index in [1.54, 1.807) is 0 Å². The average molecular weight is 256 g/mol. The molecular weight excluding hydrogens is 224 g/mol. The SMILES string of the molecule is CCC1(COCCCCCCCC(C)C)COC1. The van der Waals surface area contributed by atoms with Crippen molar-refractivity contribution in [2.75, 3.05) is 26.4 Å². The third-order valence-electron chi connectivity index (χ3n) is 4.04. The van der Waals surface area contributed by atoms with Crippen molar-refractivity contribution in [1.82, 2.24) is 0 Å². The molecule has 0 N–H and O–H groups in total. The molecule has 1 rings (SSSR count). The van der Waals surface area contributed by atoms with Crippen molar-refractivity contribution in [3.8, 4) is 0 Å². The maximum Gasteiger partial charge on any atom is 0.0566 e. The molecule has 1 aliphatic heterocycles. The van der Waals surface area contributed by atoms with Gasteiger partial charge in [-0.3, -0.25) is 0 Å². The molecule has 18 heavy (non-hydrogen) atoms. The number of hydrogen-bond donors (Lipinski definition) is 0. The van der Waals surface area contributed by atoms with Crippen molar-refractivity contribution in [3.63, 3.8) is 0 Å². The Morgan fingerprint density at radius 2 is 1.72 bits per heavy atom. The van der Waals surface area contributed by atoms with E-state index >= 15 is 0 Å². The van der Waals surface area contributed by atoms with Gasteiger partial charge >= 0.3 is 0 Å². The molecule has 0 saturated carbocycles. The van der Waals surface area contributed by atoms with Crippen molar-refractivity contribution in [2.45, 2.75) is 65.7 Å². The normalized spacial score (nSPS) is 18.0. The van der Waals surface area contributed by atoms with E-state index in [9.17, 15) is 0 Å². The molecule has 1 saturated heterocycles. The first-order chi connectivity index (χ1) is 8.68. The first-order valence-corrected chi connectivity index (χ1v) is 7.84. The lowest BCUT2D eigenvalue weighted by atomic mass is 9.84. The minimum atomic E-state index is 0.358. The van der Waals surface area contributed by atoms with Crippen molar-refractivity contribution < 1.29 is 9.47 Å². The van der Waals surface area contributed by atoms with E-state index in [2.05, 4.69) is 20.8 Å². The van der Waals surface area contributed by atoms with Crippen LogP contribution in [-0.4, -0.2) is 26.4 Å². The van der Waals surface area contributed by atoms with Gasteiger partial charge in [0.05, 0.1) is 19.8 Å². The van der Waals surface area contributed by atoms with Crippen LogP contribution >= 0.6 is 0 Å². The van der Waals surface area contributed by atoms with Gasteiger partial charge in [0.25, 0.3) is 0 Å². The third kappa shape index (κ3) is 6.19. The molecule has 1 aliphatic rings. The first kappa shape index (κ1) is 16.0. The third-order valence-corrected chi connectivity index (χ3v) is 4.04. The molecule has 2 heteroatoms. The molecule has 108 valence electrons. The van der Waals surface area contributed by atoms with Crippen LogP contribution in [0.4, 0.5) is 0 Å². The van der Waals surface area contributed by atoms with E-state index in [1.807, 2.05) is 0 Å². The highest BCUT2D eigenvalue weighted by Crippen LogP contribution is 2.31. The highest BCUT2D eigenvalue weighted by atomic mass is 16.5. The fourth-order valence-corrected chi connectivity index (χ4v) is 2.36. The molecule has 0 amide bonds. The Bertz CT molecular complexity index is 192. The summed E-state index contributed by atoms with van der Waals surface area (Å²) in [5, 5.41) is 0. The van der Waals surface area contributed by atoms with Gasteiger partial charge < -0.3 is 9.47 Å². The standard InChI is InChI=1S/C16H32O2/c1-4-16(13-18-14-16)12-17-11-9-7-5-6-8-10-15(2)3/h15H,4-14H2,1-3H3. The van der Waals surface area contributed by atoms with Gasteiger partial charge in [-0.1, -0.05) is 52.9 Å². The summed E-state index contributed by atoms with van der Waals surface area (Å²) in [6, 6.07) is 0. The summed E-state index contributed by atoms with van der Waals surface area (Å²) in [5.74, 6) is 0.864. The van der Waals surface area contributed by atoms with E-state index in [0.29, 0.717) is 5.41 Å². The van der Waals surface area contributed by atoms with E-state index in [-0.39, 0.29) is 0 Å². The molecule has 2 nitrogen and oxygen atoms in total. The van der Waals surface area contributed by atoms with Crippen molar-refractivity contribution in [1.29, 1.82) is 0 Å². The van der Waals surface area contributed by atoms with Crippen LogP contribution < -0.4 is 0 Å². The second-order valence-electron chi connectivity index (χ2n) is 6.35. The molecule has 0 atom stereocenters. The number of hydrogen-bond acceptors (Lipinski definition) is 2. The predicted octanol–water partition coefficient (Wildman–Crippen LogP) is 4.43. The highest BCUT2D eigenvalue weighted by molar-refractivity contribution is 4.83. The lowest BCUT2D eigenvalue weighted by molar-refractivity contribution is -0.150. The Morgan fingerprint density at radius 3 is 2.28 bits per heavy atom. The zero-order chi connectivity index (χ0) is 13.3. The second-order valence-corrected chi connectivity index (χ2v) is 6.35. The van der Waals surface area contributed by atoms with Gasteiger partial charge in [-0.15, -0.1) is 0 Å². The van der Waals surface area contributed by atoms with Gasteiger partial charge in [-0.05, 0) is 18.8 Å². The van der Waals surface area contributed by atoms with Gasteiger partial charge in [-0.25, -0.2) is 0 Å². The van der Waals surface area contributed by atoms with Crippen LogP contribution in [0, 0.1) is 11.3 Å². The second kappa shape index (κ2) is 8.92. The molecule has 0 spiro atoms. The smallest absolute Gasteiger partial charge is 0.0566 e. The zero-order valence-electron chi connectivity index (χ0n) is 12.7. The molecule has 0 aliphatic carbocycles. The van der Waals surface area contributed by atoms with Gasteiger partial charge in [0.2, 0.25) is 0 Å². The van der Waals surface area contributed by atoms with Crippen LogP contribution in [0.5, 0.6) is 0 Å². The van der Waals surface area contributed by atoms with E-state index < -0.39 is 0 Å². The Balaban J connectivity index is 1.81. The van der Waals surface area contributed by atoms with Crippen molar-refractivity contribution >= 4 is 0 Å². The lowest BCUT2D eigenvalue weighted by Gasteiger charge is -2.40. The van der Waals surface area contributed by atoms with Crippen LogP contribution in [-0.2, 0) is 9.47 Å². The van der Waals surface area contributed by atoms with Gasteiger partial charge in [0.1, 0.15) is 0 Å². The molecule has 0 unspecified atom stereocenters. The summed E-state index contributed by atoms with van der Waals surface area (Å²) in [6.45, 7) is 10.5. The van der Waals surface area contributed by atoms with E-state index in [0.717, 1.165) is 32.3 Å². The van der Waals surface area contributed by atoms with Crippen molar-refractivity contribution in [3.05, 3.63) is 0 Å². The molecule has 0 aromatic heterocycles. The molecule has 0 radical (unpaired) electrons. The van der Waals surface area contributed by atoms with Crippen LogP contribution in [0.1, 0.15) is 65.7 Å². The lowest BCUT2D eigenvalue weighted by Crippen LogP contribution is -2.45. The molecule has 0 bridgehead atoms. The fourth-order valence-electron chi connectivity index (χ4n) is 2.36. The van der Waals surface area contributed by atoms with Gasteiger partial charge in [-0.2, -0.15) is 0 Å². The van der Waals surface area contributed by atoms with Crippen LogP contribution in [0.25, 0.3) is 0 Å². The number of ether oxygens (including phenoxy) is 2. The molecule has 1 fully saturated rings. The summed E-state index contributed by atoms with van der Waals surface area (Å²) >= 11 is 0. The molecule has 1 heterocycles. The van der Waals surface area contributed by atoms with E-state index in [1.165, 1.54) is 44.9 Å². The molecule has 0 aromatic rings. The monoisotopic (exact) mass is 256 g/mol. The Hall–Kier alpha value is -0.0800. The quantitative estimate of drug-likeness (QED) is 0.509. The predicted molar refractivity (Wildman–Crippen MR) is 76.9 cm³/mol. The Morgan fingerprint density at radius 1 is 1.06 bits per heavy atom. The summed E-state index contributed by atoms with van der Waals surface area (Å²) in [5.41, 5.74) is 0.358. The highest BCUT2D eigenvalue weighted by Gasteiger charge is 2.36. The summed E-state index contributed by atoms with van der Waals surface area (Å²) in [6.07, 6.45) is 9.28. The summed E-state index contributed by atoms with van der Waals surface area (Å²) < 4.78 is 11.1. The van der Waals surface area contributed by atoms with Gasteiger partial charge in [0.15, 0.2) is 0 Å². The van der Waals surface area contributed by atoms with Crippen LogP contribution in [0.2, 0.25) is 0 Å². The van der Waals surface area contributed by atoms with Gasteiger partial charge in [0, 0.05) is 12.0 Å². The Labute approximate surface area is 113 Å². The maximum absolute atomic E-state index is 5.80. The summed E-state index contributed by atoms with van der Waals surface area (Å²) in [7, 11) is 0. The first-order valence-electron chi connectivity index (χ1n) is 7.84. The minimum absolute atomic E-state index is 0.358. The van der Waals surface area contributed by atoms with Crippen LogP contribution in [0.15, 0.2) is 0 Å². The minimum Gasteiger partial charge on any atom is -0.381 e. The average Bonchev–Trinajstić information content (AvgIpc) is 2.29. The Kier molecular flexibility index (Phi) is 7.92. The molecule has 0 aromatic carbocycles. The number of rotatable bonds is 11. The van der Waals surface area contributed by atoms with Crippen LogP contribution in [0.3, 0.4) is 0 Å². The van der Waals surface area contributed by atoms with E-state index in [4.69, 9.17) is 9.47 Å². The zero-order valence-corrected chi connectivity index (χ0v) is 12.7. The fraction of sp³-hybridized carbons (Fsp3) is 1.00. The maximum atomic E-state index is 5.80. The van der Waals surface area contributed by atoms with Crippen molar-refractivity contribution in [2.24, 2.45) is 11.3 Å².